The van der Waals surface area contributed by atoms with E-state index < -0.39 is 0 Å². The van der Waals surface area contributed by atoms with E-state index in [1.54, 1.807) is 0 Å². The zero-order valence-corrected chi connectivity index (χ0v) is 19.1. The van der Waals surface area contributed by atoms with Gasteiger partial charge in [-0.2, -0.15) is 0 Å². The van der Waals surface area contributed by atoms with Crippen molar-refractivity contribution in [2.75, 3.05) is 39.4 Å². The molecular weight excluding hydrogens is 456 g/mol. The Morgan fingerprint density at radius 1 is 1.06 bits per heavy atom. The first kappa shape index (κ1) is 20.7. The molecule has 0 bridgehead atoms. The van der Waals surface area contributed by atoms with Crippen LogP contribution in [-0.4, -0.2) is 64.7 Å². The Morgan fingerprint density at radius 2 is 1.84 bits per heavy atom. The molecule has 1 aromatic heterocycles. The van der Waals surface area contributed by atoms with Crippen LogP contribution < -0.4 is 0 Å². The molecule has 3 heterocycles. The number of morpholine rings is 1. The minimum atomic E-state index is 0.0670. The molecule has 162 valence electrons. The van der Waals surface area contributed by atoms with Gasteiger partial charge in [0, 0.05) is 29.8 Å². The second-order valence-corrected chi connectivity index (χ2v) is 9.26. The first-order valence-electron chi connectivity index (χ1n) is 11.0. The number of benzene rings is 2. The number of amides is 1. The molecule has 1 amide bonds. The number of nitrogens with zero attached hydrogens (tertiary/aromatic N) is 4. The molecular formula is C24H27BrN4O2. The first-order valence-corrected chi connectivity index (χ1v) is 11.8. The molecule has 0 spiro atoms. The van der Waals surface area contributed by atoms with Crippen LogP contribution in [0.1, 0.15) is 18.7 Å². The van der Waals surface area contributed by atoms with Gasteiger partial charge in [0.1, 0.15) is 5.82 Å². The summed E-state index contributed by atoms with van der Waals surface area (Å²) in [7, 11) is 0. The molecule has 7 heteroatoms. The predicted molar refractivity (Wildman–Crippen MR) is 124 cm³/mol. The van der Waals surface area contributed by atoms with Crippen molar-refractivity contribution >= 4 is 32.9 Å². The maximum absolute atomic E-state index is 13.0. The molecule has 0 saturated carbocycles. The Balaban J connectivity index is 1.39. The number of fused-ring (bicyclic) bond motifs is 1. The number of piperidine rings is 1. The molecule has 2 aliphatic rings. The van der Waals surface area contributed by atoms with Gasteiger partial charge < -0.3 is 9.64 Å². The molecule has 1 atom stereocenters. The van der Waals surface area contributed by atoms with Crippen LogP contribution in [0.5, 0.6) is 0 Å². The molecule has 2 aliphatic heterocycles. The third kappa shape index (κ3) is 4.40. The van der Waals surface area contributed by atoms with Crippen LogP contribution in [0.2, 0.25) is 0 Å². The lowest BCUT2D eigenvalue weighted by molar-refractivity contribution is -0.141. The van der Waals surface area contributed by atoms with Gasteiger partial charge in [-0.05, 0) is 55.8 Å². The Kier molecular flexibility index (Phi) is 6.07. The van der Waals surface area contributed by atoms with E-state index in [-0.39, 0.29) is 11.8 Å². The first-order chi connectivity index (χ1) is 15.2. The number of hydrogen-bond donors (Lipinski definition) is 0. The van der Waals surface area contributed by atoms with Gasteiger partial charge in [-0.25, -0.2) is 4.98 Å². The van der Waals surface area contributed by atoms with Crippen LogP contribution in [0.3, 0.4) is 0 Å². The van der Waals surface area contributed by atoms with Gasteiger partial charge in [0.25, 0.3) is 0 Å². The molecule has 5 rings (SSSR count). The number of hydrogen-bond acceptors (Lipinski definition) is 4. The molecule has 0 aliphatic carbocycles. The summed E-state index contributed by atoms with van der Waals surface area (Å²) in [5.41, 5.74) is 3.21. The number of aromatic nitrogens is 2. The van der Waals surface area contributed by atoms with Crippen molar-refractivity contribution in [2.24, 2.45) is 5.92 Å². The fourth-order valence-corrected chi connectivity index (χ4v) is 4.97. The van der Waals surface area contributed by atoms with Gasteiger partial charge in [0.15, 0.2) is 0 Å². The molecule has 0 unspecified atom stereocenters. The SMILES string of the molecule is O=C([C@@H]1CCCN(Cc2nc3ccccc3n2-c2ccc(Br)cc2)C1)N1CCOCC1. The van der Waals surface area contributed by atoms with Gasteiger partial charge in [-0.3, -0.25) is 14.3 Å². The third-order valence-electron chi connectivity index (χ3n) is 6.26. The van der Waals surface area contributed by atoms with Crippen molar-refractivity contribution in [3.8, 4) is 5.69 Å². The Labute approximate surface area is 190 Å². The highest BCUT2D eigenvalue weighted by atomic mass is 79.9. The van der Waals surface area contributed by atoms with E-state index in [4.69, 9.17) is 9.72 Å². The number of halogens is 1. The van der Waals surface area contributed by atoms with E-state index in [1.165, 1.54) is 0 Å². The number of para-hydroxylation sites is 2. The Hall–Kier alpha value is -2.22. The normalized spacial score (nSPS) is 20.3. The molecule has 2 fully saturated rings. The smallest absolute Gasteiger partial charge is 0.227 e. The van der Waals surface area contributed by atoms with Crippen molar-refractivity contribution in [2.45, 2.75) is 19.4 Å². The van der Waals surface area contributed by atoms with E-state index in [0.717, 1.165) is 59.5 Å². The maximum Gasteiger partial charge on any atom is 0.227 e. The summed E-state index contributed by atoms with van der Waals surface area (Å²) >= 11 is 3.53. The van der Waals surface area contributed by atoms with Crippen molar-refractivity contribution in [1.29, 1.82) is 0 Å². The summed E-state index contributed by atoms with van der Waals surface area (Å²) in [5, 5.41) is 0. The summed E-state index contributed by atoms with van der Waals surface area (Å²) < 4.78 is 8.71. The third-order valence-corrected chi connectivity index (χ3v) is 6.79. The van der Waals surface area contributed by atoms with Gasteiger partial charge in [0.2, 0.25) is 5.91 Å². The Morgan fingerprint density at radius 3 is 2.65 bits per heavy atom. The molecule has 6 nitrogen and oxygen atoms in total. The highest BCUT2D eigenvalue weighted by Crippen LogP contribution is 2.26. The average Bonchev–Trinajstić information content (AvgIpc) is 3.17. The molecule has 2 saturated heterocycles. The van der Waals surface area contributed by atoms with E-state index in [1.807, 2.05) is 11.0 Å². The van der Waals surface area contributed by atoms with Crippen LogP contribution in [-0.2, 0) is 16.1 Å². The number of imidazole rings is 1. The van der Waals surface area contributed by atoms with E-state index >= 15 is 0 Å². The van der Waals surface area contributed by atoms with Crippen molar-refractivity contribution in [1.82, 2.24) is 19.4 Å². The largest absolute Gasteiger partial charge is 0.378 e. The number of carbonyl (C=O) groups excluding carboxylic acids is 1. The van der Waals surface area contributed by atoms with E-state index in [2.05, 4.69) is 67.9 Å². The standard InChI is InChI=1S/C24H27BrN4O2/c25-19-7-9-20(10-8-19)29-22-6-2-1-5-21(22)26-23(29)17-27-11-3-4-18(16-27)24(30)28-12-14-31-15-13-28/h1-2,5-10,18H,3-4,11-17H2/t18-/m1/s1. The van der Waals surface area contributed by atoms with Crippen molar-refractivity contribution < 1.29 is 9.53 Å². The van der Waals surface area contributed by atoms with Gasteiger partial charge in [-0.1, -0.05) is 28.1 Å². The highest BCUT2D eigenvalue weighted by molar-refractivity contribution is 9.10. The van der Waals surface area contributed by atoms with Gasteiger partial charge >= 0.3 is 0 Å². The minimum absolute atomic E-state index is 0.0670. The summed E-state index contributed by atoms with van der Waals surface area (Å²) in [4.78, 5) is 22.4. The minimum Gasteiger partial charge on any atom is -0.378 e. The van der Waals surface area contributed by atoms with Gasteiger partial charge in [0.05, 0.1) is 36.7 Å². The maximum atomic E-state index is 13.0. The number of likely N-dealkylation sites (tertiary alicyclic amines) is 1. The second-order valence-electron chi connectivity index (χ2n) is 8.34. The molecule has 31 heavy (non-hydrogen) atoms. The van der Waals surface area contributed by atoms with Crippen LogP contribution in [0.15, 0.2) is 53.0 Å². The molecule has 2 aromatic carbocycles. The number of ether oxygens (including phenoxy) is 1. The predicted octanol–water partition coefficient (Wildman–Crippen LogP) is 3.86. The van der Waals surface area contributed by atoms with E-state index in [9.17, 15) is 4.79 Å². The van der Waals surface area contributed by atoms with E-state index in [0.29, 0.717) is 26.3 Å². The molecule has 0 N–H and O–H groups in total. The van der Waals surface area contributed by atoms with Gasteiger partial charge in [-0.15, -0.1) is 0 Å². The van der Waals surface area contributed by atoms with Crippen molar-refractivity contribution in [3.63, 3.8) is 0 Å². The summed E-state index contributed by atoms with van der Waals surface area (Å²) in [6.07, 6.45) is 2.01. The highest BCUT2D eigenvalue weighted by Gasteiger charge is 2.30. The summed E-state index contributed by atoms with van der Waals surface area (Å²) in [6.45, 7) is 5.26. The number of rotatable bonds is 4. The zero-order chi connectivity index (χ0) is 21.2. The van der Waals surface area contributed by atoms with Crippen LogP contribution in [0, 0.1) is 5.92 Å². The summed E-state index contributed by atoms with van der Waals surface area (Å²) in [5.74, 6) is 1.37. The topological polar surface area (TPSA) is 50.6 Å². The lowest BCUT2D eigenvalue weighted by Gasteiger charge is -2.36. The summed E-state index contributed by atoms with van der Waals surface area (Å²) in [6, 6.07) is 16.6. The lowest BCUT2D eigenvalue weighted by Crippen LogP contribution is -2.48. The fourth-order valence-electron chi connectivity index (χ4n) is 4.70. The molecule has 0 radical (unpaired) electrons. The van der Waals surface area contributed by atoms with Crippen LogP contribution >= 0.6 is 15.9 Å². The zero-order valence-electron chi connectivity index (χ0n) is 17.5. The van der Waals surface area contributed by atoms with Crippen LogP contribution in [0.4, 0.5) is 0 Å². The fraction of sp³-hybridized carbons (Fsp3) is 0.417. The Bertz CT molecular complexity index is 1060. The molecule has 3 aromatic rings. The quantitative estimate of drug-likeness (QED) is 0.566. The van der Waals surface area contributed by atoms with Crippen molar-refractivity contribution in [3.05, 3.63) is 58.8 Å². The second kappa shape index (κ2) is 9.10. The average molecular weight is 483 g/mol. The number of carbonyl (C=O) groups is 1. The lowest BCUT2D eigenvalue weighted by atomic mass is 9.96. The monoisotopic (exact) mass is 482 g/mol. The van der Waals surface area contributed by atoms with Crippen LogP contribution in [0.25, 0.3) is 16.7 Å².